The van der Waals surface area contributed by atoms with Gasteiger partial charge in [0, 0.05) is 16.1 Å². The van der Waals surface area contributed by atoms with Crippen LogP contribution >= 0.6 is 11.8 Å². The minimum absolute atomic E-state index is 0.240. The summed E-state index contributed by atoms with van der Waals surface area (Å²) < 4.78 is 0. The summed E-state index contributed by atoms with van der Waals surface area (Å²) in [4.78, 5) is 12.2. The molecule has 0 atom stereocenters. The minimum atomic E-state index is -0.947. The number of nitrogens with two attached hydrogens (primary N) is 1. The molecule has 4 heteroatoms. The SMILES string of the molecule is CC(C)CCSc1cc(C(=O)O)cc(N)c1-c1ccccc1. The second kappa shape index (κ2) is 7.36. The van der Waals surface area contributed by atoms with Crippen LogP contribution in [-0.4, -0.2) is 16.8 Å². The lowest BCUT2D eigenvalue weighted by atomic mass is 10.0. The van der Waals surface area contributed by atoms with E-state index in [1.807, 2.05) is 30.3 Å². The summed E-state index contributed by atoms with van der Waals surface area (Å²) in [6, 6.07) is 13.1. The highest BCUT2D eigenvalue weighted by Crippen LogP contribution is 2.37. The molecule has 0 aromatic heterocycles. The van der Waals surface area contributed by atoms with Gasteiger partial charge in [-0.05, 0) is 35.8 Å². The third-order valence-corrected chi connectivity index (χ3v) is 4.47. The quantitative estimate of drug-likeness (QED) is 0.595. The Morgan fingerprint density at radius 1 is 1.23 bits per heavy atom. The van der Waals surface area contributed by atoms with Crippen LogP contribution in [0, 0.1) is 5.92 Å². The molecule has 0 spiro atoms. The molecule has 0 aliphatic heterocycles. The van der Waals surface area contributed by atoms with E-state index in [-0.39, 0.29) is 5.56 Å². The van der Waals surface area contributed by atoms with Gasteiger partial charge in [0.25, 0.3) is 0 Å². The summed E-state index contributed by atoms with van der Waals surface area (Å²) in [5, 5.41) is 9.24. The zero-order chi connectivity index (χ0) is 16.1. The van der Waals surface area contributed by atoms with Crippen molar-refractivity contribution in [3.8, 4) is 11.1 Å². The van der Waals surface area contributed by atoms with Crippen LogP contribution in [0.1, 0.15) is 30.6 Å². The van der Waals surface area contributed by atoms with Crippen LogP contribution in [0.3, 0.4) is 0 Å². The highest BCUT2D eigenvalue weighted by Gasteiger charge is 2.14. The molecule has 3 N–H and O–H groups in total. The van der Waals surface area contributed by atoms with Gasteiger partial charge < -0.3 is 10.8 Å². The van der Waals surface area contributed by atoms with Gasteiger partial charge in [0.1, 0.15) is 0 Å². The van der Waals surface area contributed by atoms with Crippen LogP contribution in [0.15, 0.2) is 47.4 Å². The Morgan fingerprint density at radius 3 is 2.50 bits per heavy atom. The second-order valence-electron chi connectivity index (χ2n) is 5.64. The average molecular weight is 315 g/mol. The highest BCUT2D eigenvalue weighted by atomic mass is 32.2. The van der Waals surface area contributed by atoms with Crippen molar-refractivity contribution in [2.24, 2.45) is 5.92 Å². The van der Waals surface area contributed by atoms with Crippen LogP contribution in [0.25, 0.3) is 11.1 Å². The van der Waals surface area contributed by atoms with Crippen molar-refractivity contribution in [1.82, 2.24) is 0 Å². The van der Waals surface area contributed by atoms with Gasteiger partial charge in [-0.3, -0.25) is 0 Å². The fraction of sp³-hybridized carbons (Fsp3) is 0.278. The molecule has 0 aliphatic rings. The Bertz CT molecular complexity index is 654. The Hall–Kier alpha value is -1.94. The number of rotatable bonds is 6. The molecular formula is C18H21NO2S. The van der Waals surface area contributed by atoms with Crippen LogP contribution in [0.5, 0.6) is 0 Å². The zero-order valence-electron chi connectivity index (χ0n) is 12.9. The third kappa shape index (κ3) is 4.04. The standard InChI is InChI=1S/C18H21NO2S/c1-12(2)8-9-22-16-11-14(18(20)21)10-15(19)17(16)13-6-4-3-5-7-13/h3-7,10-12H,8-9,19H2,1-2H3,(H,20,21). The van der Waals surface area contributed by atoms with E-state index in [1.165, 1.54) is 6.07 Å². The van der Waals surface area contributed by atoms with Crippen molar-refractivity contribution >= 4 is 23.4 Å². The normalized spacial score (nSPS) is 10.9. The predicted molar refractivity (Wildman–Crippen MR) is 93.4 cm³/mol. The Morgan fingerprint density at radius 2 is 1.91 bits per heavy atom. The molecule has 0 unspecified atom stereocenters. The monoisotopic (exact) mass is 315 g/mol. The van der Waals surface area contributed by atoms with Gasteiger partial charge in [0.15, 0.2) is 0 Å². The van der Waals surface area contributed by atoms with E-state index in [0.29, 0.717) is 11.6 Å². The van der Waals surface area contributed by atoms with Crippen LogP contribution in [0.2, 0.25) is 0 Å². The maximum absolute atomic E-state index is 11.3. The van der Waals surface area contributed by atoms with E-state index in [2.05, 4.69) is 13.8 Å². The fourth-order valence-electron chi connectivity index (χ4n) is 2.19. The summed E-state index contributed by atoms with van der Waals surface area (Å²) in [5.74, 6) is 0.615. The third-order valence-electron chi connectivity index (χ3n) is 3.39. The van der Waals surface area contributed by atoms with Crippen molar-refractivity contribution in [3.05, 3.63) is 48.0 Å². The molecule has 0 fully saturated rings. The summed E-state index contributed by atoms with van der Waals surface area (Å²) in [6.45, 7) is 4.36. The van der Waals surface area contributed by atoms with Gasteiger partial charge in [0.2, 0.25) is 0 Å². The Kier molecular flexibility index (Phi) is 5.50. The van der Waals surface area contributed by atoms with E-state index in [0.717, 1.165) is 28.2 Å². The number of benzene rings is 2. The molecule has 0 radical (unpaired) electrons. The highest BCUT2D eigenvalue weighted by molar-refractivity contribution is 7.99. The Balaban J connectivity index is 2.43. The van der Waals surface area contributed by atoms with E-state index >= 15 is 0 Å². The van der Waals surface area contributed by atoms with Gasteiger partial charge in [-0.1, -0.05) is 44.2 Å². The first kappa shape index (κ1) is 16.4. The number of hydrogen-bond donors (Lipinski definition) is 2. The zero-order valence-corrected chi connectivity index (χ0v) is 13.7. The largest absolute Gasteiger partial charge is 0.478 e. The number of nitrogen functional groups attached to an aromatic ring is 1. The predicted octanol–water partition coefficient (Wildman–Crippen LogP) is 4.77. The molecule has 2 aromatic rings. The topological polar surface area (TPSA) is 63.3 Å². The molecule has 2 rings (SSSR count). The lowest BCUT2D eigenvalue weighted by Gasteiger charge is -2.14. The van der Waals surface area contributed by atoms with Crippen LogP contribution in [-0.2, 0) is 0 Å². The first-order chi connectivity index (χ1) is 10.5. The summed E-state index contributed by atoms with van der Waals surface area (Å²) >= 11 is 1.67. The average Bonchev–Trinajstić information content (AvgIpc) is 2.47. The van der Waals surface area contributed by atoms with E-state index in [1.54, 1.807) is 17.8 Å². The minimum Gasteiger partial charge on any atom is -0.478 e. The van der Waals surface area contributed by atoms with Crippen molar-refractivity contribution in [2.45, 2.75) is 25.2 Å². The summed E-state index contributed by atoms with van der Waals surface area (Å²) in [7, 11) is 0. The second-order valence-corrected chi connectivity index (χ2v) is 6.78. The molecule has 0 amide bonds. The molecule has 3 nitrogen and oxygen atoms in total. The molecule has 0 bridgehead atoms. The number of carboxylic acids is 1. The lowest BCUT2D eigenvalue weighted by molar-refractivity contribution is 0.0696. The van der Waals surface area contributed by atoms with Crippen molar-refractivity contribution in [2.75, 3.05) is 11.5 Å². The number of thioether (sulfide) groups is 1. The molecule has 0 aliphatic carbocycles. The number of anilines is 1. The molecule has 22 heavy (non-hydrogen) atoms. The smallest absolute Gasteiger partial charge is 0.335 e. The number of hydrogen-bond acceptors (Lipinski definition) is 3. The maximum atomic E-state index is 11.3. The lowest BCUT2D eigenvalue weighted by Crippen LogP contribution is -2.02. The number of carbonyl (C=O) groups is 1. The van der Waals surface area contributed by atoms with Gasteiger partial charge in [-0.2, -0.15) is 0 Å². The molecular weight excluding hydrogens is 294 g/mol. The molecule has 0 saturated heterocycles. The van der Waals surface area contributed by atoms with Gasteiger partial charge in [-0.15, -0.1) is 11.8 Å². The number of carboxylic acid groups (broad SMARTS) is 1. The fourth-order valence-corrected chi connectivity index (χ4v) is 3.59. The number of aromatic carboxylic acids is 1. The molecule has 0 saturated carbocycles. The van der Waals surface area contributed by atoms with Crippen molar-refractivity contribution in [3.63, 3.8) is 0 Å². The van der Waals surface area contributed by atoms with Crippen molar-refractivity contribution in [1.29, 1.82) is 0 Å². The Labute approximate surface area is 135 Å². The van der Waals surface area contributed by atoms with Gasteiger partial charge in [-0.25, -0.2) is 4.79 Å². The van der Waals surface area contributed by atoms with Gasteiger partial charge >= 0.3 is 5.97 Å². The van der Waals surface area contributed by atoms with Crippen molar-refractivity contribution < 1.29 is 9.90 Å². The van der Waals surface area contributed by atoms with Gasteiger partial charge in [0.05, 0.1) is 5.56 Å². The first-order valence-electron chi connectivity index (χ1n) is 7.34. The summed E-state index contributed by atoms with van der Waals surface area (Å²) in [5.41, 5.74) is 8.85. The maximum Gasteiger partial charge on any atom is 0.335 e. The van der Waals surface area contributed by atoms with E-state index in [9.17, 15) is 9.90 Å². The summed E-state index contributed by atoms with van der Waals surface area (Å²) in [6.07, 6.45) is 1.08. The molecule has 0 heterocycles. The molecule has 116 valence electrons. The molecule has 2 aromatic carbocycles. The van der Waals surface area contributed by atoms with Crippen LogP contribution in [0.4, 0.5) is 5.69 Å². The van der Waals surface area contributed by atoms with E-state index < -0.39 is 5.97 Å². The van der Waals surface area contributed by atoms with Crippen LogP contribution < -0.4 is 5.73 Å². The first-order valence-corrected chi connectivity index (χ1v) is 8.32. The van der Waals surface area contributed by atoms with E-state index in [4.69, 9.17) is 5.73 Å².